The van der Waals surface area contributed by atoms with E-state index in [-0.39, 0.29) is 11.8 Å². The molecule has 10 heteroatoms. The predicted octanol–water partition coefficient (Wildman–Crippen LogP) is 0.718. The Bertz CT molecular complexity index is 590. The Hall–Kier alpha value is -1.81. The van der Waals surface area contributed by atoms with Gasteiger partial charge in [-0.25, -0.2) is 4.79 Å². The highest BCUT2D eigenvalue weighted by Crippen LogP contribution is 2.10. The van der Waals surface area contributed by atoms with Crippen LogP contribution in [0.4, 0.5) is 0 Å². The van der Waals surface area contributed by atoms with Crippen LogP contribution in [-0.2, 0) is 19.2 Å². The maximum Gasteiger partial charge on any atom is 0.326 e. The van der Waals surface area contributed by atoms with Crippen LogP contribution < -0.4 is 21.7 Å². The number of amides is 3. The Balaban J connectivity index is 5.13. The lowest BCUT2D eigenvalue weighted by Crippen LogP contribution is -2.57. The zero-order valence-corrected chi connectivity index (χ0v) is 19.7. The van der Waals surface area contributed by atoms with Crippen molar-refractivity contribution >= 4 is 35.5 Å². The maximum atomic E-state index is 12.7. The van der Waals surface area contributed by atoms with Crippen molar-refractivity contribution in [2.24, 2.45) is 17.6 Å². The van der Waals surface area contributed by atoms with Gasteiger partial charge in [-0.1, -0.05) is 40.5 Å². The monoisotopic (exact) mass is 446 g/mol. The van der Waals surface area contributed by atoms with Gasteiger partial charge in [-0.05, 0) is 37.2 Å². The summed E-state index contributed by atoms with van der Waals surface area (Å²) in [6, 6.07) is -3.56. The summed E-state index contributed by atoms with van der Waals surface area (Å²) in [5.41, 5.74) is 5.89. The molecule has 0 fully saturated rings. The quantitative estimate of drug-likeness (QED) is 0.264. The van der Waals surface area contributed by atoms with E-state index in [0.717, 1.165) is 6.42 Å². The molecule has 0 aromatic carbocycles. The Labute approximate surface area is 183 Å². The molecule has 6 atom stereocenters. The maximum absolute atomic E-state index is 12.7. The molecule has 30 heavy (non-hydrogen) atoms. The van der Waals surface area contributed by atoms with Gasteiger partial charge in [0.1, 0.15) is 18.1 Å². The van der Waals surface area contributed by atoms with Gasteiger partial charge in [0.15, 0.2) is 0 Å². The van der Waals surface area contributed by atoms with Crippen LogP contribution in [0.15, 0.2) is 0 Å². The standard InChI is InChI=1S/C20H38N4O5S/c1-7-11(3)15(21)19(27)22-13(5)17(25)23-14(9-10-30-6)18(26)24-16(20(28)29)12(4)8-2/h11-16H,7-10,21H2,1-6H3,(H,22,27)(H,23,25)(H,24,26)(H,28,29). The van der Waals surface area contributed by atoms with E-state index in [1.807, 2.05) is 27.0 Å². The first-order valence-electron chi connectivity index (χ1n) is 10.4. The molecule has 3 amide bonds. The van der Waals surface area contributed by atoms with Crippen molar-refractivity contribution in [3.63, 3.8) is 0 Å². The lowest BCUT2D eigenvalue weighted by atomic mass is 9.98. The number of rotatable bonds is 14. The van der Waals surface area contributed by atoms with Crippen molar-refractivity contribution in [2.75, 3.05) is 12.0 Å². The number of aliphatic carboxylic acids is 1. The molecule has 0 aliphatic heterocycles. The van der Waals surface area contributed by atoms with Crippen LogP contribution >= 0.6 is 11.8 Å². The number of thioether (sulfide) groups is 1. The molecule has 6 unspecified atom stereocenters. The van der Waals surface area contributed by atoms with E-state index >= 15 is 0 Å². The number of carboxylic acid groups (broad SMARTS) is 1. The van der Waals surface area contributed by atoms with Crippen LogP contribution in [0.5, 0.6) is 0 Å². The molecule has 0 spiro atoms. The molecule has 0 aliphatic rings. The Morgan fingerprint density at radius 3 is 1.93 bits per heavy atom. The van der Waals surface area contributed by atoms with E-state index in [0.29, 0.717) is 18.6 Å². The largest absolute Gasteiger partial charge is 0.480 e. The van der Waals surface area contributed by atoms with Gasteiger partial charge in [-0.2, -0.15) is 11.8 Å². The van der Waals surface area contributed by atoms with E-state index in [1.54, 1.807) is 6.92 Å². The van der Waals surface area contributed by atoms with Gasteiger partial charge in [-0.15, -0.1) is 0 Å². The van der Waals surface area contributed by atoms with Crippen molar-refractivity contribution in [2.45, 2.75) is 78.0 Å². The molecule has 0 aliphatic carbocycles. The molecule has 6 N–H and O–H groups in total. The molecule has 0 heterocycles. The molecule has 9 nitrogen and oxygen atoms in total. The van der Waals surface area contributed by atoms with E-state index in [2.05, 4.69) is 16.0 Å². The summed E-state index contributed by atoms with van der Waals surface area (Å²) >= 11 is 1.51. The van der Waals surface area contributed by atoms with Crippen LogP contribution in [-0.4, -0.2) is 65.0 Å². The van der Waals surface area contributed by atoms with Crippen molar-refractivity contribution in [1.29, 1.82) is 0 Å². The SMILES string of the molecule is CCC(C)C(N)C(=O)NC(C)C(=O)NC(CCSC)C(=O)NC(C(=O)O)C(C)CC. The molecular weight excluding hydrogens is 408 g/mol. The van der Waals surface area contributed by atoms with Gasteiger partial charge in [0.25, 0.3) is 0 Å². The number of carbonyl (C=O) groups is 4. The first kappa shape index (κ1) is 28.2. The minimum atomic E-state index is -1.12. The molecule has 0 radical (unpaired) electrons. The van der Waals surface area contributed by atoms with Crippen molar-refractivity contribution in [1.82, 2.24) is 16.0 Å². The zero-order valence-electron chi connectivity index (χ0n) is 18.9. The minimum absolute atomic E-state index is 0.0335. The fraction of sp³-hybridized carbons (Fsp3) is 0.800. The number of carboxylic acids is 1. The Morgan fingerprint density at radius 1 is 0.900 bits per heavy atom. The molecule has 174 valence electrons. The van der Waals surface area contributed by atoms with Crippen LogP contribution in [0.3, 0.4) is 0 Å². The highest BCUT2D eigenvalue weighted by molar-refractivity contribution is 7.98. The van der Waals surface area contributed by atoms with Gasteiger partial charge < -0.3 is 26.8 Å². The first-order valence-corrected chi connectivity index (χ1v) is 11.8. The number of hydrogen-bond donors (Lipinski definition) is 5. The average Bonchev–Trinajstić information content (AvgIpc) is 2.72. The van der Waals surface area contributed by atoms with Crippen molar-refractivity contribution in [3.8, 4) is 0 Å². The summed E-state index contributed by atoms with van der Waals surface area (Å²) in [6.45, 7) is 8.88. The summed E-state index contributed by atoms with van der Waals surface area (Å²) in [7, 11) is 0. The smallest absolute Gasteiger partial charge is 0.326 e. The lowest BCUT2D eigenvalue weighted by Gasteiger charge is -2.26. The molecular formula is C20H38N4O5S. The second kappa shape index (κ2) is 14.2. The number of hydrogen-bond acceptors (Lipinski definition) is 6. The van der Waals surface area contributed by atoms with Gasteiger partial charge in [-0.3, -0.25) is 14.4 Å². The Kier molecular flexibility index (Phi) is 13.4. The number of nitrogens with two attached hydrogens (primary N) is 1. The van der Waals surface area contributed by atoms with Gasteiger partial charge in [0.2, 0.25) is 17.7 Å². The highest BCUT2D eigenvalue weighted by Gasteiger charge is 2.31. The summed E-state index contributed by atoms with van der Waals surface area (Å²) < 4.78 is 0. The lowest BCUT2D eigenvalue weighted by molar-refractivity contribution is -0.143. The van der Waals surface area contributed by atoms with E-state index in [4.69, 9.17) is 5.73 Å². The van der Waals surface area contributed by atoms with Crippen molar-refractivity contribution in [3.05, 3.63) is 0 Å². The van der Waals surface area contributed by atoms with E-state index in [1.165, 1.54) is 18.7 Å². The summed E-state index contributed by atoms with van der Waals surface area (Å²) in [5.74, 6) is -2.33. The third-order valence-electron chi connectivity index (χ3n) is 5.33. The second-order valence-electron chi connectivity index (χ2n) is 7.69. The predicted molar refractivity (Wildman–Crippen MR) is 119 cm³/mol. The van der Waals surface area contributed by atoms with Gasteiger partial charge in [0, 0.05) is 0 Å². The highest BCUT2D eigenvalue weighted by atomic mass is 32.2. The molecule has 0 aromatic rings. The second-order valence-corrected chi connectivity index (χ2v) is 8.68. The third-order valence-corrected chi connectivity index (χ3v) is 5.98. The van der Waals surface area contributed by atoms with Crippen LogP contribution in [0.25, 0.3) is 0 Å². The molecule has 0 bridgehead atoms. The zero-order chi connectivity index (χ0) is 23.4. The average molecular weight is 447 g/mol. The topological polar surface area (TPSA) is 151 Å². The van der Waals surface area contributed by atoms with E-state index in [9.17, 15) is 24.3 Å². The number of carbonyl (C=O) groups excluding carboxylic acids is 3. The third kappa shape index (κ3) is 9.34. The minimum Gasteiger partial charge on any atom is -0.480 e. The van der Waals surface area contributed by atoms with Crippen LogP contribution in [0.1, 0.15) is 53.9 Å². The fourth-order valence-electron chi connectivity index (χ4n) is 2.63. The van der Waals surface area contributed by atoms with Gasteiger partial charge >= 0.3 is 5.97 Å². The van der Waals surface area contributed by atoms with E-state index < -0.39 is 47.9 Å². The Morgan fingerprint density at radius 2 is 1.47 bits per heavy atom. The van der Waals surface area contributed by atoms with Crippen LogP contribution in [0.2, 0.25) is 0 Å². The molecule has 0 rings (SSSR count). The number of nitrogens with one attached hydrogen (secondary N) is 3. The van der Waals surface area contributed by atoms with Crippen LogP contribution in [0, 0.1) is 11.8 Å². The molecule has 0 aromatic heterocycles. The molecule has 0 saturated carbocycles. The van der Waals surface area contributed by atoms with Gasteiger partial charge in [0.05, 0.1) is 6.04 Å². The fourth-order valence-corrected chi connectivity index (χ4v) is 3.10. The molecule has 0 saturated heterocycles. The summed E-state index contributed by atoms with van der Waals surface area (Å²) in [4.78, 5) is 49.0. The van der Waals surface area contributed by atoms with Crippen molar-refractivity contribution < 1.29 is 24.3 Å². The summed E-state index contributed by atoms with van der Waals surface area (Å²) in [5, 5.41) is 17.1. The normalized spacial score (nSPS) is 17.0. The first-order chi connectivity index (χ1) is 14.0. The summed E-state index contributed by atoms with van der Waals surface area (Å²) in [6.07, 6.45) is 3.51.